The van der Waals surface area contributed by atoms with Gasteiger partial charge in [0.2, 0.25) is 21.8 Å². The van der Waals surface area contributed by atoms with E-state index in [2.05, 4.69) is 10.6 Å². The minimum absolute atomic E-state index is 0.0870. The van der Waals surface area contributed by atoms with Crippen LogP contribution in [0.5, 0.6) is 5.75 Å². The van der Waals surface area contributed by atoms with E-state index < -0.39 is 33.6 Å². The van der Waals surface area contributed by atoms with Crippen LogP contribution in [0.3, 0.4) is 0 Å². The number of sulfonamides is 1. The Morgan fingerprint density at radius 3 is 2.67 bits per heavy atom. The van der Waals surface area contributed by atoms with Gasteiger partial charge in [-0.05, 0) is 42.8 Å². The molecule has 160 valence electrons. The highest BCUT2D eigenvalue weighted by Gasteiger charge is 2.31. The van der Waals surface area contributed by atoms with Crippen molar-refractivity contribution in [2.45, 2.75) is 24.2 Å². The maximum Gasteiger partial charge on any atom is 0.246 e. The van der Waals surface area contributed by atoms with Crippen LogP contribution in [0.15, 0.2) is 41.3 Å². The number of hydrogen-bond acceptors (Lipinski definition) is 5. The Morgan fingerprint density at radius 1 is 1.27 bits per heavy atom. The Hall–Kier alpha value is -2.98. The molecule has 0 radical (unpaired) electrons. The second-order valence-electron chi connectivity index (χ2n) is 6.91. The molecule has 0 saturated heterocycles. The first kappa shape index (κ1) is 21.7. The van der Waals surface area contributed by atoms with Crippen LogP contribution in [0.2, 0.25) is 0 Å². The summed E-state index contributed by atoms with van der Waals surface area (Å²) in [5.74, 6) is -2.11. The molecule has 30 heavy (non-hydrogen) atoms. The van der Waals surface area contributed by atoms with Gasteiger partial charge in [-0.2, -0.15) is 0 Å². The second kappa shape index (κ2) is 8.41. The van der Waals surface area contributed by atoms with Crippen LogP contribution in [-0.2, 0) is 19.6 Å². The lowest BCUT2D eigenvalue weighted by atomic mass is 9.89. The number of halogens is 1. The molecule has 2 aromatic rings. The van der Waals surface area contributed by atoms with Crippen LogP contribution in [0.1, 0.15) is 24.8 Å². The highest BCUT2D eigenvalue weighted by atomic mass is 32.2. The predicted octanol–water partition coefficient (Wildman–Crippen LogP) is 2.54. The number of carbonyl (C=O) groups excluding carboxylic acids is 2. The monoisotopic (exact) mass is 435 g/mol. The summed E-state index contributed by atoms with van der Waals surface area (Å²) >= 11 is 0. The van der Waals surface area contributed by atoms with E-state index in [1.807, 2.05) is 0 Å². The van der Waals surface area contributed by atoms with Gasteiger partial charge >= 0.3 is 0 Å². The maximum atomic E-state index is 13.5. The largest absolute Gasteiger partial charge is 0.492 e. The van der Waals surface area contributed by atoms with E-state index >= 15 is 0 Å². The number of ether oxygens (including phenoxy) is 1. The molecule has 0 spiro atoms. The lowest BCUT2D eigenvalue weighted by Gasteiger charge is -2.25. The van der Waals surface area contributed by atoms with Crippen LogP contribution in [0.4, 0.5) is 15.8 Å². The number of hydrogen-bond donors (Lipinski definition) is 2. The van der Waals surface area contributed by atoms with Gasteiger partial charge in [-0.1, -0.05) is 6.07 Å². The zero-order chi connectivity index (χ0) is 22.1. The van der Waals surface area contributed by atoms with E-state index in [1.54, 1.807) is 6.92 Å². The SMILES string of the molecule is CCOc1ccc(NC(=O)[C@H]2CC(=O)Nc3cc(F)ccc32)cc1S(=O)(=O)N(C)C. The molecule has 0 fully saturated rings. The Morgan fingerprint density at radius 2 is 2.00 bits per heavy atom. The first-order chi connectivity index (χ1) is 14.1. The van der Waals surface area contributed by atoms with Gasteiger partial charge in [0.25, 0.3) is 0 Å². The van der Waals surface area contributed by atoms with E-state index in [9.17, 15) is 22.4 Å². The highest BCUT2D eigenvalue weighted by Crippen LogP contribution is 2.34. The van der Waals surface area contributed by atoms with Crippen molar-refractivity contribution in [1.82, 2.24) is 4.31 Å². The first-order valence-corrected chi connectivity index (χ1v) is 10.7. The average Bonchev–Trinajstić information content (AvgIpc) is 2.68. The summed E-state index contributed by atoms with van der Waals surface area (Å²) in [6.45, 7) is 2.00. The lowest BCUT2D eigenvalue weighted by Crippen LogP contribution is -2.31. The first-order valence-electron chi connectivity index (χ1n) is 9.23. The Balaban J connectivity index is 1.94. The summed E-state index contributed by atoms with van der Waals surface area (Å²) in [5.41, 5.74) is 0.966. The lowest BCUT2D eigenvalue weighted by molar-refractivity contribution is -0.123. The molecule has 0 saturated carbocycles. The summed E-state index contributed by atoms with van der Waals surface area (Å²) in [6, 6.07) is 8.13. The Labute approximate surface area is 174 Å². The minimum atomic E-state index is -3.82. The van der Waals surface area contributed by atoms with Gasteiger partial charge in [-0.15, -0.1) is 0 Å². The van der Waals surface area contributed by atoms with Crippen molar-refractivity contribution in [2.24, 2.45) is 0 Å². The van der Waals surface area contributed by atoms with Crippen molar-refractivity contribution in [3.8, 4) is 5.75 Å². The summed E-state index contributed by atoms with van der Waals surface area (Å²) in [5, 5.41) is 5.21. The Bertz CT molecular complexity index is 1100. The molecule has 0 unspecified atom stereocenters. The zero-order valence-electron chi connectivity index (χ0n) is 16.7. The van der Waals surface area contributed by atoms with Crippen molar-refractivity contribution in [2.75, 3.05) is 31.3 Å². The number of nitrogens with zero attached hydrogens (tertiary/aromatic N) is 1. The van der Waals surface area contributed by atoms with Crippen molar-refractivity contribution in [3.63, 3.8) is 0 Å². The zero-order valence-corrected chi connectivity index (χ0v) is 17.5. The third-order valence-electron chi connectivity index (χ3n) is 4.64. The van der Waals surface area contributed by atoms with E-state index in [0.717, 1.165) is 10.4 Å². The third kappa shape index (κ3) is 4.29. The van der Waals surface area contributed by atoms with Gasteiger partial charge in [0.1, 0.15) is 16.5 Å². The van der Waals surface area contributed by atoms with Crippen LogP contribution in [0.25, 0.3) is 0 Å². The topological polar surface area (TPSA) is 105 Å². The summed E-state index contributed by atoms with van der Waals surface area (Å²) < 4.78 is 45.3. The quantitative estimate of drug-likeness (QED) is 0.726. The summed E-state index contributed by atoms with van der Waals surface area (Å²) in [6.07, 6.45) is -0.107. The number of nitrogens with one attached hydrogen (secondary N) is 2. The molecule has 0 aromatic heterocycles. The van der Waals surface area contributed by atoms with Crippen molar-refractivity contribution in [1.29, 1.82) is 0 Å². The predicted molar refractivity (Wildman–Crippen MR) is 110 cm³/mol. The van der Waals surface area contributed by atoms with Gasteiger partial charge in [-0.3, -0.25) is 9.59 Å². The maximum absolute atomic E-state index is 13.5. The summed E-state index contributed by atoms with van der Waals surface area (Å²) in [7, 11) is -1.03. The molecule has 2 aromatic carbocycles. The van der Waals surface area contributed by atoms with E-state index in [1.165, 1.54) is 44.4 Å². The van der Waals surface area contributed by atoms with Gasteiger partial charge in [-0.25, -0.2) is 17.1 Å². The fourth-order valence-electron chi connectivity index (χ4n) is 3.16. The fraction of sp³-hybridized carbons (Fsp3) is 0.300. The van der Waals surface area contributed by atoms with E-state index in [4.69, 9.17) is 4.74 Å². The van der Waals surface area contributed by atoms with Crippen molar-refractivity contribution in [3.05, 3.63) is 47.8 Å². The average molecular weight is 435 g/mol. The fourth-order valence-corrected chi connectivity index (χ4v) is 4.21. The molecule has 2 N–H and O–H groups in total. The normalized spacial score (nSPS) is 16.0. The molecule has 0 aliphatic carbocycles. The molecule has 1 aliphatic rings. The van der Waals surface area contributed by atoms with Crippen LogP contribution < -0.4 is 15.4 Å². The van der Waals surface area contributed by atoms with Crippen LogP contribution >= 0.6 is 0 Å². The third-order valence-corrected chi connectivity index (χ3v) is 6.48. The summed E-state index contributed by atoms with van der Waals surface area (Å²) in [4.78, 5) is 24.8. The number of rotatable bonds is 6. The standard InChI is InChI=1S/C20H22FN3O5S/c1-4-29-17-8-6-13(10-18(17)30(27,28)24(2)3)22-20(26)15-11-19(25)23-16-9-12(21)5-7-14(15)16/h5-10,15H,4,11H2,1-3H3,(H,22,26)(H,23,25)/t15-/m0/s1. The Kier molecular flexibility index (Phi) is 6.09. The van der Waals surface area contributed by atoms with Gasteiger partial charge in [0, 0.05) is 31.9 Å². The highest BCUT2D eigenvalue weighted by molar-refractivity contribution is 7.89. The smallest absolute Gasteiger partial charge is 0.246 e. The van der Waals surface area contributed by atoms with Crippen LogP contribution in [-0.4, -0.2) is 45.2 Å². The van der Waals surface area contributed by atoms with Gasteiger partial charge in [0.05, 0.1) is 12.5 Å². The van der Waals surface area contributed by atoms with E-state index in [-0.39, 0.29) is 35.0 Å². The number of amides is 2. The molecule has 1 atom stereocenters. The number of benzene rings is 2. The minimum Gasteiger partial charge on any atom is -0.492 e. The molecular formula is C20H22FN3O5S. The van der Waals surface area contributed by atoms with Gasteiger partial charge < -0.3 is 15.4 Å². The van der Waals surface area contributed by atoms with Crippen molar-refractivity contribution >= 4 is 33.2 Å². The molecule has 1 heterocycles. The number of carbonyl (C=O) groups is 2. The second-order valence-corrected chi connectivity index (χ2v) is 9.03. The molecule has 3 rings (SSSR count). The van der Waals surface area contributed by atoms with Crippen LogP contribution in [0, 0.1) is 5.82 Å². The molecular weight excluding hydrogens is 413 g/mol. The van der Waals surface area contributed by atoms with E-state index in [0.29, 0.717) is 5.56 Å². The molecule has 2 amide bonds. The van der Waals surface area contributed by atoms with Gasteiger partial charge in [0.15, 0.2) is 0 Å². The van der Waals surface area contributed by atoms with Crippen molar-refractivity contribution < 1.29 is 27.1 Å². The molecule has 10 heteroatoms. The molecule has 0 bridgehead atoms. The molecule has 8 nitrogen and oxygen atoms in total. The molecule has 1 aliphatic heterocycles. The number of fused-ring (bicyclic) bond motifs is 1. The number of anilines is 2.